The summed E-state index contributed by atoms with van der Waals surface area (Å²) in [6, 6.07) is 36.6. The molecule has 54 heavy (non-hydrogen) atoms. The van der Waals surface area contributed by atoms with E-state index in [0.29, 0.717) is 18.0 Å². The van der Waals surface area contributed by atoms with E-state index >= 15 is 0 Å². The van der Waals surface area contributed by atoms with E-state index in [4.69, 9.17) is 23.7 Å². The number of hydrogen-bond acceptors (Lipinski definition) is 8. The van der Waals surface area contributed by atoms with Crippen LogP contribution in [0.25, 0.3) is 0 Å². The summed E-state index contributed by atoms with van der Waals surface area (Å²) in [4.78, 5) is 15.2. The second-order valence-electron chi connectivity index (χ2n) is 13.8. The Morgan fingerprint density at radius 3 is 2.13 bits per heavy atom. The lowest BCUT2D eigenvalue weighted by Gasteiger charge is -2.43. The van der Waals surface area contributed by atoms with Crippen molar-refractivity contribution in [3.63, 3.8) is 0 Å². The fourth-order valence-corrected chi connectivity index (χ4v) is 7.06. The van der Waals surface area contributed by atoms with Crippen molar-refractivity contribution in [2.45, 2.75) is 51.5 Å². The van der Waals surface area contributed by atoms with Crippen molar-refractivity contribution < 1.29 is 33.6 Å². The molecule has 0 aromatic heterocycles. The van der Waals surface area contributed by atoms with Gasteiger partial charge < -0.3 is 39.4 Å². The van der Waals surface area contributed by atoms with Gasteiger partial charge in [-0.05, 0) is 82.8 Å². The number of amides is 2. The van der Waals surface area contributed by atoms with Crippen LogP contribution in [0.3, 0.4) is 0 Å². The standard InChI is InChI=1S/C44H47N3O7/c1-29-41(27-47-22-21-34-23-39(50-2)40(51-3)24-35(34)26-47)53-43(54-42(29)32-13-11-31(28-48)12-14-32)33-15-9-30(10-16-33)25-45-44(49)46-36-17-19-38(20-18-36)52-37-7-5-4-6-8-37/h4-20,23-24,29,41-43,48H,21-22,25-28H2,1-3H3,(H2,45,46,49)/t29-,41+,42+,43+/m1/s1. The van der Waals surface area contributed by atoms with Gasteiger partial charge in [0.25, 0.3) is 0 Å². The number of rotatable bonds is 12. The number of carbonyl (C=O) groups excluding carboxylic acids is 1. The lowest BCUT2D eigenvalue weighted by molar-refractivity contribution is -0.276. The molecule has 0 radical (unpaired) electrons. The lowest BCUT2D eigenvalue weighted by Crippen LogP contribution is -2.45. The number of methoxy groups -OCH3 is 2. The Morgan fingerprint density at radius 1 is 0.796 bits per heavy atom. The van der Waals surface area contributed by atoms with Crippen molar-refractivity contribution in [2.24, 2.45) is 5.92 Å². The third-order valence-electron chi connectivity index (χ3n) is 10.2. The zero-order chi connectivity index (χ0) is 37.4. The monoisotopic (exact) mass is 729 g/mol. The molecular weight excluding hydrogens is 682 g/mol. The van der Waals surface area contributed by atoms with Crippen LogP contribution >= 0.6 is 0 Å². The van der Waals surface area contributed by atoms with E-state index in [0.717, 1.165) is 65.6 Å². The molecule has 2 amide bonds. The predicted molar refractivity (Wildman–Crippen MR) is 207 cm³/mol. The first kappa shape index (κ1) is 36.9. The number of aliphatic hydroxyl groups excluding tert-OH is 1. The fourth-order valence-electron chi connectivity index (χ4n) is 7.06. The highest BCUT2D eigenvalue weighted by atomic mass is 16.7. The van der Waals surface area contributed by atoms with Crippen molar-refractivity contribution in [1.82, 2.24) is 10.2 Å². The number of hydrogen-bond donors (Lipinski definition) is 3. The topological polar surface area (TPSA) is 111 Å². The van der Waals surface area contributed by atoms with E-state index in [-0.39, 0.29) is 30.8 Å². The van der Waals surface area contributed by atoms with Gasteiger partial charge in [0.2, 0.25) is 0 Å². The Bertz CT molecular complexity index is 1990. The van der Waals surface area contributed by atoms with Crippen molar-refractivity contribution in [3.05, 3.63) is 149 Å². The molecular formula is C44H47N3O7. The summed E-state index contributed by atoms with van der Waals surface area (Å²) in [6.07, 6.45) is -0.00932. The predicted octanol–water partition coefficient (Wildman–Crippen LogP) is 8.16. The van der Waals surface area contributed by atoms with E-state index in [1.54, 1.807) is 26.4 Å². The molecule has 2 heterocycles. The molecule has 1 saturated heterocycles. The SMILES string of the molecule is COc1cc2c(cc1OC)CN(C[C@@H]1O[C@H](c3ccc(CNC(=O)Nc4ccc(Oc5ccccc5)cc4)cc3)O[C@H](c3ccc(CO)cc3)[C@@H]1C)CC2. The van der Waals surface area contributed by atoms with E-state index in [1.165, 1.54) is 11.1 Å². The number of aliphatic hydroxyl groups is 1. The molecule has 0 saturated carbocycles. The Kier molecular flexibility index (Phi) is 11.7. The highest BCUT2D eigenvalue weighted by Crippen LogP contribution is 2.42. The number of nitrogens with zero attached hydrogens (tertiary/aromatic N) is 1. The zero-order valence-corrected chi connectivity index (χ0v) is 30.9. The minimum atomic E-state index is -0.589. The van der Waals surface area contributed by atoms with Crippen molar-refractivity contribution in [2.75, 3.05) is 32.6 Å². The van der Waals surface area contributed by atoms with Crippen LogP contribution in [0.5, 0.6) is 23.0 Å². The summed E-state index contributed by atoms with van der Waals surface area (Å²) in [5.41, 5.74) is 6.91. The smallest absolute Gasteiger partial charge is 0.319 e. The molecule has 3 N–H and O–H groups in total. The van der Waals surface area contributed by atoms with Crippen molar-refractivity contribution in [1.29, 1.82) is 0 Å². The van der Waals surface area contributed by atoms with Gasteiger partial charge in [-0.2, -0.15) is 0 Å². The molecule has 1 fully saturated rings. The van der Waals surface area contributed by atoms with Gasteiger partial charge in [0.1, 0.15) is 11.5 Å². The van der Waals surface area contributed by atoms with Gasteiger partial charge >= 0.3 is 6.03 Å². The number of urea groups is 1. The Morgan fingerprint density at radius 2 is 1.44 bits per heavy atom. The molecule has 10 nitrogen and oxygen atoms in total. The molecule has 10 heteroatoms. The summed E-state index contributed by atoms with van der Waals surface area (Å²) in [5.74, 6) is 2.98. The van der Waals surface area contributed by atoms with E-state index in [2.05, 4.69) is 34.6 Å². The number of fused-ring (bicyclic) bond motifs is 1. The van der Waals surface area contributed by atoms with Crippen molar-refractivity contribution >= 4 is 11.7 Å². The normalized spacial score (nSPS) is 19.7. The molecule has 4 atom stereocenters. The molecule has 0 unspecified atom stereocenters. The summed E-state index contributed by atoms with van der Waals surface area (Å²) >= 11 is 0. The Balaban J connectivity index is 0.995. The van der Waals surface area contributed by atoms with Crippen LogP contribution in [0, 0.1) is 5.92 Å². The van der Waals surface area contributed by atoms with Crippen LogP contribution in [0.15, 0.2) is 115 Å². The highest BCUT2D eigenvalue weighted by Gasteiger charge is 2.39. The average Bonchev–Trinajstić information content (AvgIpc) is 3.21. The van der Waals surface area contributed by atoms with Crippen LogP contribution in [0.1, 0.15) is 52.7 Å². The molecule has 0 aliphatic carbocycles. The quantitative estimate of drug-likeness (QED) is 0.118. The summed E-state index contributed by atoms with van der Waals surface area (Å²) in [5, 5.41) is 15.5. The van der Waals surface area contributed by atoms with Crippen molar-refractivity contribution in [3.8, 4) is 23.0 Å². The molecule has 280 valence electrons. The maximum Gasteiger partial charge on any atom is 0.319 e. The molecule has 5 aromatic rings. The summed E-state index contributed by atoms with van der Waals surface area (Å²) < 4.78 is 30.4. The van der Waals surface area contributed by atoms with Gasteiger partial charge in [-0.1, -0.05) is 73.7 Å². The lowest BCUT2D eigenvalue weighted by atomic mass is 9.89. The van der Waals surface area contributed by atoms with E-state index in [1.807, 2.05) is 91.0 Å². The molecule has 5 aromatic carbocycles. The van der Waals surface area contributed by atoms with Crippen LogP contribution in [0.4, 0.5) is 10.5 Å². The van der Waals surface area contributed by atoms with Crippen LogP contribution < -0.4 is 24.8 Å². The third kappa shape index (κ3) is 8.86. The second-order valence-corrected chi connectivity index (χ2v) is 13.8. The maximum absolute atomic E-state index is 12.7. The second kappa shape index (κ2) is 17.2. The van der Waals surface area contributed by atoms with Gasteiger partial charge in [0.15, 0.2) is 17.8 Å². The largest absolute Gasteiger partial charge is 0.493 e. The van der Waals surface area contributed by atoms with Gasteiger partial charge in [0.05, 0.1) is 33.0 Å². The Hall–Kier alpha value is -5.39. The van der Waals surface area contributed by atoms with Gasteiger partial charge in [0, 0.05) is 43.3 Å². The number of para-hydroxylation sites is 1. The highest BCUT2D eigenvalue weighted by molar-refractivity contribution is 5.89. The van der Waals surface area contributed by atoms with Crippen LogP contribution in [0.2, 0.25) is 0 Å². The number of benzene rings is 5. The van der Waals surface area contributed by atoms with Crippen LogP contribution in [-0.2, 0) is 35.6 Å². The number of nitrogens with one attached hydrogen (secondary N) is 2. The molecule has 0 bridgehead atoms. The molecule has 0 spiro atoms. The average molecular weight is 730 g/mol. The minimum Gasteiger partial charge on any atom is -0.493 e. The first-order chi connectivity index (χ1) is 26.4. The van der Waals surface area contributed by atoms with E-state index < -0.39 is 6.29 Å². The maximum atomic E-state index is 12.7. The number of ether oxygens (including phenoxy) is 5. The van der Waals surface area contributed by atoms with Crippen LogP contribution in [-0.4, -0.2) is 49.5 Å². The third-order valence-corrected chi connectivity index (χ3v) is 10.2. The first-order valence-electron chi connectivity index (χ1n) is 18.3. The summed E-state index contributed by atoms with van der Waals surface area (Å²) in [6.45, 7) is 4.94. The van der Waals surface area contributed by atoms with Gasteiger partial charge in [-0.15, -0.1) is 0 Å². The zero-order valence-electron chi connectivity index (χ0n) is 30.9. The summed E-state index contributed by atoms with van der Waals surface area (Å²) in [7, 11) is 3.34. The number of anilines is 1. The fraction of sp³-hybridized carbons (Fsp3) is 0.295. The van der Waals surface area contributed by atoms with Gasteiger partial charge in [-0.3, -0.25) is 4.90 Å². The molecule has 2 aliphatic rings. The molecule has 7 rings (SSSR count). The minimum absolute atomic E-state index is 0.0105. The Labute approximate surface area is 316 Å². The van der Waals surface area contributed by atoms with Gasteiger partial charge in [-0.25, -0.2) is 4.79 Å². The molecule has 2 aliphatic heterocycles. The van der Waals surface area contributed by atoms with E-state index in [9.17, 15) is 9.90 Å². The first-order valence-corrected chi connectivity index (χ1v) is 18.3. The number of carbonyl (C=O) groups is 1.